The van der Waals surface area contributed by atoms with Gasteiger partial charge in [-0.1, -0.05) is 61.9 Å². The third kappa shape index (κ3) is 5.87. The van der Waals surface area contributed by atoms with Gasteiger partial charge >= 0.3 is 0 Å². The van der Waals surface area contributed by atoms with E-state index in [4.69, 9.17) is 18.9 Å². The van der Waals surface area contributed by atoms with Crippen molar-refractivity contribution >= 4 is 0 Å². The Hall–Kier alpha value is -2.89. The van der Waals surface area contributed by atoms with Gasteiger partial charge in [0.2, 0.25) is 0 Å². The molecule has 3 aromatic carbocycles. The molecule has 2 unspecified atom stereocenters. The highest BCUT2D eigenvalue weighted by Crippen LogP contribution is 2.37. The summed E-state index contributed by atoms with van der Waals surface area (Å²) in [6.07, 6.45) is 1.71. The molecule has 3 aromatic rings. The predicted octanol–water partition coefficient (Wildman–Crippen LogP) is 6.09. The molecular formula is C27H29FO4. The average molecular weight is 437 g/mol. The van der Waals surface area contributed by atoms with Crippen LogP contribution in [0.15, 0.2) is 72.8 Å². The summed E-state index contributed by atoms with van der Waals surface area (Å²) in [4.78, 5) is 0. The second kappa shape index (κ2) is 11.1. The minimum absolute atomic E-state index is 0.134. The molecule has 168 valence electrons. The van der Waals surface area contributed by atoms with Crippen molar-refractivity contribution in [3.63, 3.8) is 0 Å². The highest BCUT2D eigenvalue weighted by Gasteiger charge is 2.24. The molecule has 0 bridgehead atoms. The number of hydrogen-bond donors (Lipinski definition) is 0. The number of halogens is 1. The normalized spacial score (nSPS) is 16.0. The van der Waals surface area contributed by atoms with Crippen molar-refractivity contribution in [2.75, 3.05) is 19.8 Å². The van der Waals surface area contributed by atoms with E-state index in [0.29, 0.717) is 25.6 Å². The first-order chi connectivity index (χ1) is 15.7. The van der Waals surface area contributed by atoms with E-state index in [9.17, 15) is 4.39 Å². The summed E-state index contributed by atoms with van der Waals surface area (Å²) in [6.45, 7) is 4.22. The number of unbranched alkanes of at least 4 members (excludes halogenated alkanes) is 1. The minimum atomic E-state index is -0.295. The van der Waals surface area contributed by atoms with Crippen molar-refractivity contribution in [3.8, 4) is 11.5 Å². The van der Waals surface area contributed by atoms with Crippen LogP contribution in [0.3, 0.4) is 0 Å². The van der Waals surface area contributed by atoms with Gasteiger partial charge in [0.05, 0.1) is 13.2 Å². The van der Waals surface area contributed by atoms with Crippen LogP contribution in [-0.2, 0) is 16.1 Å². The maximum atomic E-state index is 13.2. The van der Waals surface area contributed by atoms with Gasteiger partial charge in [-0.05, 0) is 47.4 Å². The number of benzene rings is 3. The van der Waals surface area contributed by atoms with Crippen molar-refractivity contribution in [3.05, 3.63) is 95.3 Å². The molecule has 1 aliphatic rings. The van der Waals surface area contributed by atoms with Gasteiger partial charge in [0, 0.05) is 6.61 Å². The highest BCUT2D eigenvalue weighted by molar-refractivity contribution is 5.46. The van der Waals surface area contributed by atoms with Crippen LogP contribution in [0, 0.1) is 5.82 Å². The maximum absolute atomic E-state index is 13.2. The Morgan fingerprint density at radius 3 is 2.56 bits per heavy atom. The number of hydrogen-bond acceptors (Lipinski definition) is 4. The third-order valence-corrected chi connectivity index (χ3v) is 5.37. The van der Waals surface area contributed by atoms with E-state index >= 15 is 0 Å². The fraction of sp³-hybridized carbons (Fsp3) is 0.333. The lowest BCUT2D eigenvalue weighted by molar-refractivity contribution is 0.00765. The third-order valence-electron chi connectivity index (χ3n) is 5.37. The molecule has 4 rings (SSSR count). The molecule has 0 aromatic heterocycles. The predicted molar refractivity (Wildman–Crippen MR) is 122 cm³/mol. The zero-order chi connectivity index (χ0) is 22.2. The molecule has 1 heterocycles. The number of fused-ring (bicyclic) bond motifs is 1. The van der Waals surface area contributed by atoms with Gasteiger partial charge in [0.25, 0.3) is 0 Å². The van der Waals surface area contributed by atoms with Crippen molar-refractivity contribution in [2.24, 2.45) is 0 Å². The number of rotatable bonds is 10. The summed E-state index contributed by atoms with van der Waals surface area (Å²) in [5, 5.41) is 0. The summed E-state index contributed by atoms with van der Waals surface area (Å²) >= 11 is 0. The monoisotopic (exact) mass is 436 g/mol. The second-order valence-corrected chi connectivity index (χ2v) is 7.91. The summed E-state index contributed by atoms with van der Waals surface area (Å²) in [5.41, 5.74) is 2.91. The molecule has 4 nitrogen and oxygen atoms in total. The molecule has 32 heavy (non-hydrogen) atoms. The fourth-order valence-corrected chi connectivity index (χ4v) is 3.61. The molecule has 0 saturated heterocycles. The van der Waals surface area contributed by atoms with E-state index in [1.54, 1.807) is 12.1 Å². The van der Waals surface area contributed by atoms with E-state index in [2.05, 4.69) is 6.92 Å². The van der Waals surface area contributed by atoms with Gasteiger partial charge < -0.3 is 18.9 Å². The van der Waals surface area contributed by atoms with Gasteiger partial charge in [-0.3, -0.25) is 0 Å². The summed E-state index contributed by atoms with van der Waals surface area (Å²) < 4.78 is 37.3. The van der Waals surface area contributed by atoms with Crippen LogP contribution in [0.2, 0.25) is 0 Å². The van der Waals surface area contributed by atoms with Crippen LogP contribution < -0.4 is 9.47 Å². The van der Waals surface area contributed by atoms with E-state index in [1.165, 1.54) is 12.1 Å². The van der Waals surface area contributed by atoms with Crippen LogP contribution in [0.1, 0.15) is 42.6 Å². The summed E-state index contributed by atoms with van der Waals surface area (Å²) in [7, 11) is 0. The van der Waals surface area contributed by atoms with Gasteiger partial charge in [0.15, 0.2) is 17.6 Å². The van der Waals surface area contributed by atoms with E-state index in [0.717, 1.165) is 41.9 Å². The smallest absolute Gasteiger partial charge is 0.162 e. The SMILES string of the molecule is CCCCOCC1COc2ccc(C(OCc3ccc(F)cc3)c3ccccc3)cc2O1. The molecule has 5 heteroatoms. The molecule has 0 fully saturated rings. The van der Waals surface area contributed by atoms with Crippen LogP contribution in [0.4, 0.5) is 4.39 Å². The molecule has 0 radical (unpaired) electrons. The molecule has 0 N–H and O–H groups in total. The van der Waals surface area contributed by atoms with Crippen molar-refractivity contribution < 1.29 is 23.3 Å². The van der Waals surface area contributed by atoms with Crippen LogP contribution in [0.5, 0.6) is 11.5 Å². The van der Waals surface area contributed by atoms with Crippen LogP contribution >= 0.6 is 0 Å². The Labute approximate surface area is 188 Å². The first kappa shape index (κ1) is 22.3. The molecular weight excluding hydrogens is 407 g/mol. The van der Waals surface area contributed by atoms with Crippen molar-refractivity contribution in [1.82, 2.24) is 0 Å². The summed E-state index contributed by atoms with van der Waals surface area (Å²) in [5.74, 6) is 1.17. The molecule has 1 aliphatic heterocycles. The second-order valence-electron chi connectivity index (χ2n) is 7.91. The van der Waals surface area contributed by atoms with Gasteiger partial charge in [-0.2, -0.15) is 0 Å². The molecule has 0 amide bonds. The highest BCUT2D eigenvalue weighted by atomic mass is 19.1. The number of ether oxygens (including phenoxy) is 4. The fourth-order valence-electron chi connectivity index (χ4n) is 3.61. The Bertz CT molecular complexity index is 975. The Kier molecular flexibility index (Phi) is 7.75. The van der Waals surface area contributed by atoms with Gasteiger partial charge in [0.1, 0.15) is 18.5 Å². The molecule has 0 aliphatic carbocycles. The molecule has 0 saturated carbocycles. The standard InChI is InChI=1S/C27H29FO4/c1-2-3-15-29-18-24-19-30-25-14-11-22(16-26(25)32-24)27(21-7-5-4-6-8-21)31-17-20-9-12-23(28)13-10-20/h4-14,16,24,27H,2-3,15,17-19H2,1H3. The first-order valence-electron chi connectivity index (χ1n) is 11.1. The van der Waals surface area contributed by atoms with Crippen molar-refractivity contribution in [1.29, 1.82) is 0 Å². The lowest BCUT2D eigenvalue weighted by Gasteiger charge is -2.28. The van der Waals surface area contributed by atoms with Crippen molar-refractivity contribution in [2.45, 2.75) is 38.6 Å². The zero-order valence-electron chi connectivity index (χ0n) is 18.3. The molecule has 0 spiro atoms. The topological polar surface area (TPSA) is 36.9 Å². The van der Waals surface area contributed by atoms with E-state index in [1.807, 2.05) is 48.5 Å². The van der Waals surface area contributed by atoms with E-state index in [-0.39, 0.29) is 18.0 Å². The quantitative estimate of drug-likeness (QED) is 0.361. The van der Waals surface area contributed by atoms with Gasteiger partial charge in [-0.25, -0.2) is 4.39 Å². The maximum Gasteiger partial charge on any atom is 0.162 e. The van der Waals surface area contributed by atoms with Gasteiger partial charge in [-0.15, -0.1) is 0 Å². The Morgan fingerprint density at radius 1 is 0.969 bits per heavy atom. The minimum Gasteiger partial charge on any atom is -0.486 e. The Morgan fingerprint density at radius 2 is 1.78 bits per heavy atom. The summed E-state index contributed by atoms with van der Waals surface area (Å²) in [6, 6.07) is 22.3. The lowest BCUT2D eigenvalue weighted by atomic mass is 10.0. The Balaban J connectivity index is 1.50. The average Bonchev–Trinajstić information content (AvgIpc) is 2.83. The largest absolute Gasteiger partial charge is 0.486 e. The first-order valence-corrected chi connectivity index (χ1v) is 11.1. The zero-order valence-corrected chi connectivity index (χ0v) is 18.3. The molecule has 2 atom stereocenters. The van der Waals surface area contributed by atoms with Crippen LogP contribution in [-0.4, -0.2) is 25.9 Å². The lowest BCUT2D eigenvalue weighted by Crippen LogP contribution is -2.33. The van der Waals surface area contributed by atoms with Crippen LogP contribution in [0.25, 0.3) is 0 Å². The van der Waals surface area contributed by atoms with E-state index < -0.39 is 0 Å².